The zero-order valence-electron chi connectivity index (χ0n) is 11.1. The third-order valence-corrected chi connectivity index (χ3v) is 3.65. The van der Waals surface area contributed by atoms with Gasteiger partial charge in [-0.1, -0.05) is 6.58 Å². The van der Waals surface area contributed by atoms with Crippen LogP contribution in [-0.2, 0) is 9.59 Å². The minimum atomic E-state index is -0.732. The molecule has 0 aromatic carbocycles. The molecule has 2 N–H and O–H groups in total. The topological polar surface area (TPSA) is 69.6 Å². The van der Waals surface area contributed by atoms with Gasteiger partial charge in [0.1, 0.15) is 0 Å². The van der Waals surface area contributed by atoms with Gasteiger partial charge in [0.15, 0.2) is 0 Å². The fourth-order valence-electron chi connectivity index (χ4n) is 2.33. The minimum Gasteiger partial charge on any atom is -0.387 e. The number of likely N-dealkylation sites (tertiary alicyclic amines) is 1. The van der Waals surface area contributed by atoms with E-state index in [1.165, 1.54) is 0 Å². The van der Waals surface area contributed by atoms with Gasteiger partial charge in [0, 0.05) is 20.0 Å². The summed E-state index contributed by atoms with van der Waals surface area (Å²) in [7, 11) is 0. The summed E-state index contributed by atoms with van der Waals surface area (Å²) in [5.41, 5.74) is 0.750. The van der Waals surface area contributed by atoms with Crippen molar-refractivity contribution in [3.63, 3.8) is 0 Å². The maximum Gasteiger partial charge on any atom is 0.219 e. The van der Waals surface area contributed by atoms with Crippen molar-refractivity contribution >= 4 is 12.3 Å². The maximum atomic E-state index is 11.2. The number of aliphatic hydroxyl groups is 1. The highest BCUT2D eigenvalue weighted by atomic mass is 16.3. The van der Waals surface area contributed by atoms with Gasteiger partial charge >= 0.3 is 0 Å². The molecule has 1 aliphatic heterocycles. The van der Waals surface area contributed by atoms with Crippen molar-refractivity contribution in [1.29, 1.82) is 0 Å². The highest BCUT2D eigenvalue weighted by Crippen LogP contribution is 2.26. The number of hydrogen-bond acceptors (Lipinski definition) is 3. The fourth-order valence-corrected chi connectivity index (χ4v) is 2.33. The first-order valence-electron chi connectivity index (χ1n) is 6.29. The molecule has 5 heteroatoms. The van der Waals surface area contributed by atoms with E-state index in [1.54, 1.807) is 13.8 Å². The Morgan fingerprint density at radius 3 is 2.50 bits per heavy atom. The van der Waals surface area contributed by atoms with Gasteiger partial charge in [-0.15, -0.1) is 0 Å². The second-order valence-electron chi connectivity index (χ2n) is 4.87. The molecule has 0 bridgehead atoms. The van der Waals surface area contributed by atoms with Gasteiger partial charge in [0.25, 0.3) is 0 Å². The van der Waals surface area contributed by atoms with Crippen LogP contribution in [0.2, 0.25) is 0 Å². The molecular formula is C13H22N2O3. The summed E-state index contributed by atoms with van der Waals surface area (Å²) in [4.78, 5) is 23.4. The number of rotatable bonds is 5. The Bertz CT molecular complexity index is 322. The van der Waals surface area contributed by atoms with Crippen LogP contribution in [-0.4, -0.2) is 47.6 Å². The van der Waals surface area contributed by atoms with E-state index in [-0.39, 0.29) is 17.9 Å². The van der Waals surface area contributed by atoms with Crippen molar-refractivity contribution in [1.82, 2.24) is 10.2 Å². The molecule has 2 unspecified atom stereocenters. The molecule has 0 aliphatic carbocycles. The standard InChI is InChI=1S/C13H22N2O3/c1-9(13(18)10(2)14-8-16)12-4-6-15(7-5-12)11(3)17/h8,10,12-13,18H,1,4-7H2,2-3H3,(H,14,16). The lowest BCUT2D eigenvalue weighted by Crippen LogP contribution is -2.42. The number of carbonyl (C=O) groups is 2. The van der Waals surface area contributed by atoms with Crippen LogP contribution < -0.4 is 5.32 Å². The second-order valence-corrected chi connectivity index (χ2v) is 4.87. The third kappa shape index (κ3) is 3.57. The van der Waals surface area contributed by atoms with Crippen LogP contribution in [0.15, 0.2) is 12.2 Å². The van der Waals surface area contributed by atoms with E-state index in [1.807, 2.05) is 4.90 Å². The van der Waals surface area contributed by atoms with Crippen molar-refractivity contribution < 1.29 is 14.7 Å². The van der Waals surface area contributed by atoms with Crippen molar-refractivity contribution in [3.05, 3.63) is 12.2 Å². The van der Waals surface area contributed by atoms with Crippen LogP contribution in [0.3, 0.4) is 0 Å². The van der Waals surface area contributed by atoms with E-state index >= 15 is 0 Å². The predicted molar refractivity (Wildman–Crippen MR) is 68.8 cm³/mol. The molecule has 0 radical (unpaired) electrons. The number of nitrogens with one attached hydrogen (secondary N) is 1. The average molecular weight is 254 g/mol. The van der Waals surface area contributed by atoms with Crippen LogP contribution in [0.4, 0.5) is 0 Å². The van der Waals surface area contributed by atoms with Gasteiger partial charge in [-0.2, -0.15) is 0 Å². The summed E-state index contributed by atoms with van der Waals surface area (Å²) in [5.74, 6) is 0.308. The Labute approximate surface area is 108 Å². The first kappa shape index (κ1) is 14.7. The first-order valence-corrected chi connectivity index (χ1v) is 6.29. The van der Waals surface area contributed by atoms with Crippen LogP contribution in [0.25, 0.3) is 0 Å². The fraction of sp³-hybridized carbons (Fsp3) is 0.692. The first-order chi connectivity index (χ1) is 8.47. The molecule has 0 aromatic heterocycles. The molecule has 0 spiro atoms. The van der Waals surface area contributed by atoms with E-state index in [0.29, 0.717) is 19.5 Å². The predicted octanol–water partition coefficient (Wildman–Crippen LogP) is 0.297. The SMILES string of the molecule is C=C(C1CCN(C(C)=O)CC1)C(O)C(C)NC=O. The van der Waals surface area contributed by atoms with E-state index in [2.05, 4.69) is 11.9 Å². The lowest BCUT2D eigenvalue weighted by atomic mass is 9.85. The lowest BCUT2D eigenvalue weighted by Gasteiger charge is -2.34. The molecule has 0 aromatic rings. The largest absolute Gasteiger partial charge is 0.387 e. The molecule has 1 fully saturated rings. The Kier molecular flexibility index (Phi) is 5.34. The van der Waals surface area contributed by atoms with Crippen LogP contribution in [0.5, 0.6) is 0 Å². The Hall–Kier alpha value is -1.36. The molecule has 102 valence electrons. The van der Waals surface area contributed by atoms with E-state index in [4.69, 9.17) is 0 Å². The summed E-state index contributed by atoms with van der Waals surface area (Å²) in [6, 6.07) is -0.333. The van der Waals surface area contributed by atoms with E-state index in [9.17, 15) is 14.7 Å². The number of nitrogens with zero attached hydrogens (tertiary/aromatic N) is 1. The molecule has 18 heavy (non-hydrogen) atoms. The van der Waals surface area contributed by atoms with Crippen molar-refractivity contribution in [2.24, 2.45) is 5.92 Å². The molecule has 2 atom stereocenters. The Balaban J connectivity index is 2.49. The van der Waals surface area contributed by atoms with Gasteiger partial charge in [-0.25, -0.2) is 0 Å². The molecule has 5 nitrogen and oxygen atoms in total. The van der Waals surface area contributed by atoms with Crippen LogP contribution in [0.1, 0.15) is 26.7 Å². The second kappa shape index (κ2) is 6.54. The van der Waals surface area contributed by atoms with E-state index in [0.717, 1.165) is 18.4 Å². The zero-order chi connectivity index (χ0) is 13.7. The number of carbonyl (C=O) groups excluding carboxylic acids is 2. The summed E-state index contributed by atoms with van der Waals surface area (Å²) < 4.78 is 0. The minimum absolute atomic E-state index is 0.0931. The monoisotopic (exact) mass is 254 g/mol. The summed E-state index contributed by atoms with van der Waals surface area (Å²) in [6.45, 7) is 8.68. The number of piperidine rings is 1. The van der Waals surface area contributed by atoms with Gasteiger partial charge in [0.2, 0.25) is 12.3 Å². The van der Waals surface area contributed by atoms with Gasteiger partial charge in [-0.05, 0) is 31.3 Å². The Morgan fingerprint density at radius 2 is 2.06 bits per heavy atom. The molecule has 1 heterocycles. The number of hydrogen-bond donors (Lipinski definition) is 2. The van der Waals surface area contributed by atoms with Crippen molar-refractivity contribution in [2.75, 3.05) is 13.1 Å². The third-order valence-electron chi connectivity index (χ3n) is 3.65. The van der Waals surface area contributed by atoms with Crippen LogP contribution in [0, 0.1) is 5.92 Å². The quantitative estimate of drug-likeness (QED) is 0.547. The molecule has 1 rings (SSSR count). The van der Waals surface area contributed by atoms with Crippen molar-refractivity contribution in [2.45, 2.75) is 38.8 Å². The Morgan fingerprint density at radius 1 is 1.50 bits per heavy atom. The number of aliphatic hydroxyl groups excluding tert-OH is 1. The molecular weight excluding hydrogens is 232 g/mol. The average Bonchev–Trinajstić information content (AvgIpc) is 2.37. The normalized spacial score (nSPS) is 20.1. The summed E-state index contributed by atoms with van der Waals surface area (Å²) in [5, 5.41) is 12.6. The smallest absolute Gasteiger partial charge is 0.219 e. The highest BCUT2D eigenvalue weighted by Gasteiger charge is 2.27. The zero-order valence-corrected chi connectivity index (χ0v) is 11.1. The van der Waals surface area contributed by atoms with Gasteiger partial charge in [-0.3, -0.25) is 9.59 Å². The summed E-state index contributed by atoms with van der Waals surface area (Å²) in [6.07, 6.45) is 1.50. The molecule has 2 amide bonds. The number of amides is 2. The van der Waals surface area contributed by atoms with Gasteiger partial charge in [0.05, 0.1) is 12.1 Å². The molecule has 0 saturated carbocycles. The lowest BCUT2D eigenvalue weighted by molar-refractivity contribution is -0.130. The van der Waals surface area contributed by atoms with E-state index < -0.39 is 6.10 Å². The molecule has 1 saturated heterocycles. The van der Waals surface area contributed by atoms with Gasteiger partial charge < -0.3 is 15.3 Å². The molecule has 1 aliphatic rings. The summed E-state index contributed by atoms with van der Waals surface area (Å²) >= 11 is 0. The maximum absolute atomic E-state index is 11.2. The van der Waals surface area contributed by atoms with Crippen LogP contribution >= 0.6 is 0 Å². The van der Waals surface area contributed by atoms with Crippen molar-refractivity contribution in [3.8, 4) is 0 Å². The highest BCUT2D eigenvalue weighted by molar-refractivity contribution is 5.73.